The molecule has 0 aromatic heterocycles. The fourth-order valence-corrected chi connectivity index (χ4v) is 3.45. The van der Waals surface area contributed by atoms with E-state index in [1.54, 1.807) is 0 Å². The molecule has 130 valence electrons. The van der Waals surface area contributed by atoms with E-state index in [9.17, 15) is 4.79 Å². The Hall–Kier alpha value is -2.53. The number of ether oxygens (including phenoxy) is 2. The van der Waals surface area contributed by atoms with E-state index in [0.29, 0.717) is 6.54 Å². The van der Waals surface area contributed by atoms with Crippen LogP contribution >= 0.6 is 0 Å². The first kappa shape index (κ1) is 16.0. The number of likely N-dealkylation sites (N-methyl/N-ethyl adjacent to an activating group) is 1. The zero-order chi connectivity index (χ0) is 17.4. The van der Waals surface area contributed by atoms with Gasteiger partial charge in [-0.05, 0) is 49.7 Å². The van der Waals surface area contributed by atoms with Gasteiger partial charge < -0.3 is 14.4 Å². The summed E-state index contributed by atoms with van der Waals surface area (Å²) in [6.07, 6.45) is 0.931. The predicted molar refractivity (Wildman–Crippen MR) is 96.0 cm³/mol. The van der Waals surface area contributed by atoms with E-state index in [4.69, 9.17) is 9.47 Å². The van der Waals surface area contributed by atoms with Gasteiger partial charge >= 0.3 is 0 Å². The molecule has 4 rings (SSSR count). The quantitative estimate of drug-likeness (QED) is 0.860. The van der Waals surface area contributed by atoms with Gasteiger partial charge in [-0.3, -0.25) is 9.69 Å². The number of benzene rings is 2. The minimum Gasteiger partial charge on any atom is -0.454 e. The van der Waals surface area contributed by atoms with E-state index in [0.717, 1.165) is 35.7 Å². The van der Waals surface area contributed by atoms with E-state index in [-0.39, 0.29) is 18.7 Å². The highest BCUT2D eigenvalue weighted by Gasteiger charge is 2.29. The molecule has 1 atom stereocenters. The lowest BCUT2D eigenvalue weighted by molar-refractivity contribution is -0.122. The van der Waals surface area contributed by atoms with Gasteiger partial charge in [0, 0.05) is 18.8 Å². The van der Waals surface area contributed by atoms with Crippen LogP contribution in [0, 0.1) is 0 Å². The van der Waals surface area contributed by atoms with Crippen molar-refractivity contribution in [2.75, 3.05) is 25.3 Å². The minimum atomic E-state index is -0.198. The summed E-state index contributed by atoms with van der Waals surface area (Å²) in [6, 6.07) is 13.9. The van der Waals surface area contributed by atoms with E-state index < -0.39 is 0 Å². The number of amides is 1. The Morgan fingerprint density at radius 3 is 2.88 bits per heavy atom. The Kier molecular flexibility index (Phi) is 4.09. The van der Waals surface area contributed by atoms with Crippen LogP contribution in [0.3, 0.4) is 0 Å². The normalized spacial score (nSPS) is 16.2. The van der Waals surface area contributed by atoms with Gasteiger partial charge in [-0.2, -0.15) is 0 Å². The zero-order valence-corrected chi connectivity index (χ0v) is 14.6. The van der Waals surface area contributed by atoms with Gasteiger partial charge in [-0.25, -0.2) is 0 Å². The Morgan fingerprint density at radius 1 is 1.20 bits per heavy atom. The third-order valence-corrected chi connectivity index (χ3v) is 5.04. The van der Waals surface area contributed by atoms with Crippen LogP contribution in [-0.2, 0) is 17.8 Å². The van der Waals surface area contributed by atoms with Crippen LogP contribution in [0.15, 0.2) is 42.5 Å². The van der Waals surface area contributed by atoms with Gasteiger partial charge in [-0.1, -0.05) is 24.3 Å². The summed E-state index contributed by atoms with van der Waals surface area (Å²) < 4.78 is 10.8. The van der Waals surface area contributed by atoms with Crippen molar-refractivity contribution in [3.8, 4) is 11.5 Å². The van der Waals surface area contributed by atoms with Crippen LogP contribution in [0.2, 0.25) is 0 Å². The monoisotopic (exact) mass is 338 g/mol. The highest BCUT2D eigenvalue weighted by molar-refractivity contribution is 5.98. The summed E-state index contributed by atoms with van der Waals surface area (Å²) in [4.78, 5) is 16.9. The highest BCUT2D eigenvalue weighted by atomic mass is 16.7. The lowest BCUT2D eigenvalue weighted by Gasteiger charge is -2.28. The van der Waals surface area contributed by atoms with Crippen molar-refractivity contribution in [3.63, 3.8) is 0 Å². The number of rotatable bonds is 4. The summed E-state index contributed by atoms with van der Waals surface area (Å²) in [6.45, 7) is 3.69. The van der Waals surface area contributed by atoms with Crippen molar-refractivity contribution in [3.05, 3.63) is 53.6 Å². The lowest BCUT2D eigenvalue weighted by Crippen LogP contribution is -2.45. The maximum atomic E-state index is 13.0. The number of hydrogen-bond donors (Lipinski definition) is 0. The third kappa shape index (κ3) is 2.96. The molecule has 5 heteroatoms. The maximum Gasteiger partial charge on any atom is 0.244 e. The average molecular weight is 338 g/mol. The molecule has 5 nitrogen and oxygen atoms in total. The maximum absolute atomic E-state index is 13.0. The van der Waals surface area contributed by atoms with Crippen LogP contribution < -0.4 is 14.4 Å². The van der Waals surface area contributed by atoms with Crippen molar-refractivity contribution in [2.24, 2.45) is 0 Å². The second-order valence-electron chi connectivity index (χ2n) is 6.65. The SMILES string of the molecule is CC(C(=O)N1CCc2ccccc21)N(C)Cc1ccc2c(c1)OCO2. The van der Waals surface area contributed by atoms with E-state index >= 15 is 0 Å². The fraction of sp³-hybridized carbons (Fsp3) is 0.350. The smallest absolute Gasteiger partial charge is 0.244 e. The Balaban J connectivity index is 1.45. The second-order valence-corrected chi connectivity index (χ2v) is 6.65. The number of fused-ring (bicyclic) bond motifs is 2. The molecule has 0 saturated carbocycles. The molecule has 0 fully saturated rings. The zero-order valence-electron chi connectivity index (χ0n) is 14.6. The van der Waals surface area contributed by atoms with Crippen molar-refractivity contribution >= 4 is 11.6 Å². The van der Waals surface area contributed by atoms with E-state index in [2.05, 4.69) is 11.0 Å². The number of hydrogen-bond acceptors (Lipinski definition) is 4. The number of nitrogens with zero attached hydrogens (tertiary/aromatic N) is 2. The van der Waals surface area contributed by atoms with Crippen LogP contribution in [0.25, 0.3) is 0 Å². The molecule has 2 heterocycles. The summed E-state index contributed by atoms with van der Waals surface area (Å²) in [7, 11) is 1.98. The molecular weight excluding hydrogens is 316 g/mol. The molecule has 25 heavy (non-hydrogen) atoms. The minimum absolute atomic E-state index is 0.146. The number of para-hydroxylation sites is 1. The van der Waals surface area contributed by atoms with Crippen molar-refractivity contribution in [2.45, 2.75) is 25.9 Å². The summed E-state index contributed by atoms with van der Waals surface area (Å²) in [5, 5.41) is 0. The third-order valence-electron chi connectivity index (χ3n) is 5.04. The van der Waals surface area contributed by atoms with Crippen molar-refractivity contribution < 1.29 is 14.3 Å². The number of carbonyl (C=O) groups excluding carboxylic acids is 1. The number of carbonyl (C=O) groups is 1. The Morgan fingerprint density at radius 2 is 2.00 bits per heavy atom. The van der Waals surface area contributed by atoms with Crippen molar-refractivity contribution in [1.29, 1.82) is 0 Å². The van der Waals surface area contributed by atoms with Gasteiger partial charge in [0.05, 0.1) is 6.04 Å². The highest BCUT2D eigenvalue weighted by Crippen LogP contribution is 2.33. The van der Waals surface area contributed by atoms with Gasteiger partial charge in [0.15, 0.2) is 11.5 Å². The van der Waals surface area contributed by atoms with Crippen LogP contribution in [-0.4, -0.2) is 37.2 Å². The van der Waals surface area contributed by atoms with Gasteiger partial charge in [0.1, 0.15) is 0 Å². The van der Waals surface area contributed by atoms with E-state index in [1.807, 2.05) is 55.3 Å². The standard InChI is InChI=1S/C20H22N2O3/c1-14(20(23)22-10-9-16-5-3-4-6-17(16)22)21(2)12-15-7-8-18-19(11-15)25-13-24-18/h3-8,11,14H,9-10,12-13H2,1-2H3. The topological polar surface area (TPSA) is 42.0 Å². The molecule has 0 N–H and O–H groups in total. The molecule has 1 amide bonds. The predicted octanol–water partition coefficient (Wildman–Crippen LogP) is 2.82. The summed E-state index contributed by atoms with van der Waals surface area (Å²) >= 11 is 0. The van der Waals surface area contributed by atoms with Gasteiger partial charge in [0.2, 0.25) is 12.7 Å². The molecule has 2 aromatic rings. The summed E-state index contributed by atoms with van der Waals surface area (Å²) in [5.74, 6) is 1.70. The Bertz CT molecular complexity index is 805. The van der Waals surface area contributed by atoms with Crippen LogP contribution in [0.5, 0.6) is 11.5 Å². The fourth-order valence-electron chi connectivity index (χ4n) is 3.45. The molecule has 2 aliphatic heterocycles. The van der Waals surface area contributed by atoms with Crippen LogP contribution in [0.1, 0.15) is 18.1 Å². The molecule has 1 unspecified atom stereocenters. The van der Waals surface area contributed by atoms with Crippen LogP contribution in [0.4, 0.5) is 5.69 Å². The average Bonchev–Trinajstić information content (AvgIpc) is 3.26. The van der Waals surface area contributed by atoms with Crippen molar-refractivity contribution in [1.82, 2.24) is 4.90 Å². The molecule has 2 aromatic carbocycles. The molecular formula is C20H22N2O3. The molecule has 0 radical (unpaired) electrons. The molecule has 2 aliphatic rings. The summed E-state index contributed by atoms with van der Waals surface area (Å²) in [5.41, 5.74) is 3.41. The van der Waals surface area contributed by atoms with E-state index in [1.165, 1.54) is 5.56 Å². The molecule has 0 saturated heterocycles. The first-order valence-corrected chi connectivity index (χ1v) is 8.61. The van der Waals surface area contributed by atoms with Gasteiger partial charge in [-0.15, -0.1) is 0 Å². The Labute approximate surface area is 147 Å². The lowest BCUT2D eigenvalue weighted by atomic mass is 10.1. The first-order chi connectivity index (χ1) is 12.1. The second kappa shape index (κ2) is 6.41. The number of anilines is 1. The van der Waals surface area contributed by atoms with Gasteiger partial charge in [0.25, 0.3) is 0 Å². The molecule has 0 aliphatic carbocycles. The molecule has 0 spiro atoms. The molecule has 0 bridgehead atoms. The largest absolute Gasteiger partial charge is 0.454 e. The first-order valence-electron chi connectivity index (χ1n) is 8.61.